The van der Waals surface area contributed by atoms with Gasteiger partial charge in [0.2, 0.25) is 0 Å². The van der Waals surface area contributed by atoms with Gasteiger partial charge >= 0.3 is 17.9 Å². The van der Waals surface area contributed by atoms with Crippen LogP contribution in [0.3, 0.4) is 0 Å². The summed E-state index contributed by atoms with van der Waals surface area (Å²) >= 11 is 0. The van der Waals surface area contributed by atoms with Crippen LogP contribution in [0.1, 0.15) is 220 Å². The largest absolute Gasteiger partial charge is 0.462 e. The summed E-state index contributed by atoms with van der Waals surface area (Å²) in [6, 6.07) is 0. The highest BCUT2D eigenvalue weighted by Gasteiger charge is 2.19. The molecule has 0 aliphatic carbocycles. The lowest BCUT2D eigenvalue weighted by Crippen LogP contribution is -2.21. The molecule has 1 unspecified atom stereocenters. The first-order valence-electron chi connectivity index (χ1n) is 21.5. The number of rotatable bonds is 37. The smallest absolute Gasteiger partial charge is 0.306 e. The maximum Gasteiger partial charge on any atom is 0.306 e. The summed E-state index contributed by atoms with van der Waals surface area (Å²) < 4.78 is 17.9. The molecule has 0 fully saturated rings. The normalized spacial score (nSPS) is 12.2. The summed E-state index contributed by atoms with van der Waals surface area (Å²) in [7, 11) is 4.01. The van der Waals surface area contributed by atoms with E-state index in [9.17, 15) is 14.4 Å². The zero-order valence-corrected chi connectivity index (χ0v) is 34.0. The second-order valence-electron chi connectivity index (χ2n) is 15.1. The summed E-state index contributed by atoms with van der Waals surface area (Å²) in [5, 5.41) is 0. The van der Waals surface area contributed by atoms with Gasteiger partial charge in [-0.15, -0.1) is 0 Å². The predicted molar refractivity (Wildman–Crippen MR) is 209 cm³/mol. The lowest BCUT2D eigenvalue weighted by Gasteiger charge is -2.20. The Morgan fingerprint density at radius 1 is 0.380 bits per heavy atom. The van der Waals surface area contributed by atoms with E-state index in [4.69, 9.17) is 14.2 Å². The van der Waals surface area contributed by atoms with Gasteiger partial charge in [-0.2, -0.15) is 0 Å². The molecule has 0 N–H and O–H groups in total. The molecule has 7 heteroatoms. The van der Waals surface area contributed by atoms with Crippen molar-refractivity contribution in [2.45, 2.75) is 239 Å². The highest BCUT2D eigenvalue weighted by Crippen LogP contribution is 2.20. The van der Waals surface area contributed by atoms with E-state index >= 15 is 0 Å². The van der Waals surface area contributed by atoms with Crippen molar-refractivity contribution in [1.29, 1.82) is 0 Å². The Morgan fingerprint density at radius 3 is 0.980 bits per heavy atom. The molecule has 0 radical (unpaired) electrons. The van der Waals surface area contributed by atoms with Crippen LogP contribution in [-0.2, 0) is 28.6 Å². The number of carbonyl (C=O) groups excluding carboxylic acids is 3. The average molecular weight is 710 g/mol. The average Bonchev–Trinajstić information content (AvgIpc) is 3.08. The van der Waals surface area contributed by atoms with Gasteiger partial charge in [0, 0.05) is 19.3 Å². The van der Waals surface area contributed by atoms with Gasteiger partial charge in [-0.25, -0.2) is 0 Å². The van der Waals surface area contributed by atoms with E-state index in [-0.39, 0.29) is 36.2 Å². The third-order valence-corrected chi connectivity index (χ3v) is 9.71. The van der Waals surface area contributed by atoms with E-state index in [0.717, 1.165) is 90.0 Å². The molecule has 0 aromatic heterocycles. The molecule has 0 aliphatic rings. The van der Waals surface area contributed by atoms with Crippen molar-refractivity contribution in [2.24, 2.45) is 0 Å². The molecule has 1 atom stereocenters. The molecule has 7 nitrogen and oxygen atoms in total. The summed E-state index contributed by atoms with van der Waals surface area (Å²) in [5.74, 6) is -0.354. The van der Waals surface area contributed by atoms with Crippen molar-refractivity contribution in [2.75, 3.05) is 20.6 Å². The number of hydrogen-bond donors (Lipinski definition) is 0. The van der Waals surface area contributed by atoms with Crippen molar-refractivity contribution in [1.82, 2.24) is 4.90 Å². The van der Waals surface area contributed by atoms with Crippen molar-refractivity contribution >= 4 is 17.9 Å². The Morgan fingerprint density at radius 2 is 0.660 bits per heavy atom. The fraction of sp³-hybridized carbons (Fsp3) is 0.930. The zero-order valence-electron chi connectivity index (χ0n) is 34.0. The lowest BCUT2D eigenvalue weighted by molar-refractivity contribution is -0.151. The quantitative estimate of drug-likeness (QED) is 0.0361. The first kappa shape index (κ1) is 48.4. The van der Waals surface area contributed by atoms with Gasteiger partial charge in [0.25, 0.3) is 0 Å². The molecule has 0 rings (SSSR count). The van der Waals surface area contributed by atoms with Crippen molar-refractivity contribution < 1.29 is 28.6 Å². The molecule has 296 valence electrons. The minimum Gasteiger partial charge on any atom is -0.462 e. The van der Waals surface area contributed by atoms with Crippen LogP contribution in [0.5, 0.6) is 0 Å². The molecule has 0 aliphatic heterocycles. The van der Waals surface area contributed by atoms with E-state index in [0.29, 0.717) is 32.1 Å². The van der Waals surface area contributed by atoms with E-state index in [1.807, 2.05) is 14.1 Å². The topological polar surface area (TPSA) is 82.1 Å². The van der Waals surface area contributed by atoms with Crippen molar-refractivity contribution in [3.05, 3.63) is 0 Å². The van der Waals surface area contributed by atoms with Gasteiger partial charge in [-0.05, 0) is 111 Å². The molecular formula is C43H83NO6. The Balaban J connectivity index is 4.85. The second kappa shape index (κ2) is 35.8. The zero-order chi connectivity index (χ0) is 37.1. The van der Waals surface area contributed by atoms with Crippen molar-refractivity contribution in [3.63, 3.8) is 0 Å². The standard InChI is InChI=1S/C43H83NO6/c1-7-11-15-20-28-38(29-21-16-12-8-2)48-41(45)34-25-19-24-32-40(50-43(47)36-27-37-44(5)6)33-26-35-42(46)49-39(30-22-17-13-9-3)31-23-18-14-10-4/h38-40H,7-37H2,1-6H3. The van der Waals surface area contributed by atoms with Crippen LogP contribution in [0, 0.1) is 0 Å². The Hall–Kier alpha value is -1.63. The second-order valence-corrected chi connectivity index (χ2v) is 15.1. The highest BCUT2D eigenvalue weighted by atomic mass is 16.6. The number of esters is 3. The van der Waals surface area contributed by atoms with E-state index in [1.54, 1.807) is 0 Å². The summed E-state index contributed by atoms with van der Waals surface area (Å²) in [4.78, 5) is 40.4. The maximum absolute atomic E-state index is 12.9. The van der Waals surface area contributed by atoms with Crippen LogP contribution in [0.2, 0.25) is 0 Å². The third kappa shape index (κ3) is 32.3. The molecule has 50 heavy (non-hydrogen) atoms. The maximum atomic E-state index is 12.9. The van der Waals surface area contributed by atoms with E-state index in [1.165, 1.54) is 77.0 Å². The number of hydrogen-bond acceptors (Lipinski definition) is 7. The van der Waals surface area contributed by atoms with Crippen LogP contribution in [0.4, 0.5) is 0 Å². The lowest BCUT2D eigenvalue weighted by atomic mass is 10.0. The number of nitrogens with zero attached hydrogens (tertiary/aromatic N) is 1. The van der Waals surface area contributed by atoms with Crippen molar-refractivity contribution in [3.8, 4) is 0 Å². The molecule has 0 bridgehead atoms. The number of ether oxygens (including phenoxy) is 3. The van der Waals surface area contributed by atoms with E-state index < -0.39 is 0 Å². The highest BCUT2D eigenvalue weighted by molar-refractivity contribution is 5.70. The first-order valence-corrected chi connectivity index (χ1v) is 21.5. The molecular weight excluding hydrogens is 626 g/mol. The monoisotopic (exact) mass is 710 g/mol. The van der Waals surface area contributed by atoms with Gasteiger partial charge < -0.3 is 19.1 Å². The molecule has 0 heterocycles. The van der Waals surface area contributed by atoms with E-state index in [2.05, 4.69) is 32.6 Å². The van der Waals surface area contributed by atoms with Gasteiger partial charge in [0.05, 0.1) is 0 Å². The molecule has 0 spiro atoms. The summed E-state index contributed by atoms with van der Waals surface area (Å²) in [6.45, 7) is 9.72. The Labute approximate surface area is 310 Å². The molecule has 0 aromatic carbocycles. The van der Waals surface area contributed by atoms with Gasteiger partial charge in [0.1, 0.15) is 18.3 Å². The SMILES string of the molecule is CCCCCCC(CCCCCC)OC(=O)CCCCCC(CCCC(=O)OC(CCCCCC)CCCCCC)OC(=O)CCCN(C)C. The van der Waals surface area contributed by atoms with Crippen LogP contribution in [0.15, 0.2) is 0 Å². The van der Waals surface area contributed by atoms with Gasteiger partial charge in [-0.3, -0.25) is 14.4 Å². The third-order valence-electron chi connectivity index (χ3n) is 9.71. The Kier molecular flexibility index (Phi) is 34.6. The fourth-order valence-corrected chi connectivity index (χ4v) is 6.55. The van der Waals surface area contributed by atoms with Gasteiger partial charge in [0.15, 0.2) is 0 Å². The molecule has 0 aromatic rings. The molecule has 0 saturated heterocycles. The predicted octanol–water partition coefficient (Wildman–Crippen LogP) is 12.1. The first-order chi connectivity index (χ1) is 24.2. The van der Waals surface area contributed by atoms with Crippen LogP contribution < -0.4 is 0 Å². The van der Waals surface area contributed by atoms with Gasteiger partial charge in [-0.1, -0.05) is 111 Å². The minimum absolute atomic E-state index is 0.0191. The fourth-order valence-electron chi connectivity index (χ4n) is 6.55. The minimum atomic E-state index is -0.212. The number of unbranched alkanes of at least 4 members (excludes halogenated alkanes) is 14. The number of carbonyl (C=O) groups is 3. The summed E-state index contributed by atoms with van der Waals surface area (Å²) in [5.41, 5.74) is 0. The molecule has 0 saturated carbocycles. The Bertz CT molecular complexity index is 763. The van der Waals surface area contributed by atoms with Crippen LogP contribution >= 0.6 is 0 Å². The summed E-state index contributed by atoms with van der Waals surface area (Å²) in [6.07, 6.45) is 29.4. The van der Waals surface area contributed by atoms with Crippen LogP contribution in [-0.4, -0.2) is 61.8 Å². The van der Waals surface area contributed by atoms with Crippen LogP contribution in [0.25, 0.3) is 0 Å². The molecule has 0 amide bonds.